The molecule has 0 bridgehead atoms. The summed E-state index contributed by atoms with van der Waals surface area (Å²) in [6.45, 7) is 0.155. The van der Waals surface area contributed by atoms with Crippen LogP contribution < -0.4 is 5.32 Å². The van der Waals surface area contributed by atoms with Crippen molar-refractivity contribution in [3.8, 4) is 5.75 Å². The molecule has 0 radical (unpaired) electrons. The van der Waals surface area contributed by atoms with Crippen LogP contribution >= 0.6 is 11.6 Å². The van der Waals surface area contributed by atoms with Gasteiger partial charge < -0.3 is 10.4 Å². The van der Waals surface area contributed by atoms with Gasteiger partial charge in [-0.05, 0) is 17.7 Å². The van der Waals surface area contributed by atoms with Gasteiger partial charge in [0.25, 0.3) is 0 Å². The first-order valence-corrected chi connectivity index (χ1v) is 5.71. The van der Waals surface area contributed by atoms with E-state index in [1.165, 1.54) is 12.1 Å². The van der Waals surface area contributed by atoms with Gasteiger partial charge in [-0.1, -0.05) is 17.7 Å². The predicted octanol–water partition coefficient (Wildman–Crippen LogP) is 4.08. The van der Waals surface area contributed by atoms with Crippen LogP contribution in [0.1, 0.15) is 5.56 Å². The van der Waals surface area contributed by atoms with Crippen LogP contribution in [-0.4, -0.2) is 5.11 Å². The maximum absolute atomic E-state index is 13.3. The molecule has 19 heavy (non-hydrogen) atoms. The number of benzene rings is 2. The molecule has 2 aromatic carbocycles. The topological polar surface area (TPSA) is 32.3 Å². The van der Waals surface area contributed by atoms with Crippen molar-refractivity contribution in [3.05, 3.63) is 58.4 Å². The van der Waals surface area contributed by atoms with Crippen molar-refractivity contribution in [1.29, 1.82) is 0 Å². The average molecular weight is 288 g/mol. The summed E-state index contributed by atoms with van der Waals surface area (Å²) in [4.78, 5) is 0. The Morgan fingerprint density at radius 2 is 1.68 bits per heavy atom. The Labute approximate surface area is 112 Å². The van der Waals surface area contributed by atoms with E-state index in [4.69, 9.17) is 11.6 Å². The SMILES string of the molecule is Oc1ccc(CNc2cc(F)c(F)cc2F)cc1Cl. The maximum atomic E-state index is 13.3. The van der Waals surface area contributed by atoms with E-state index in [0.717, 1.165) is 6.07 Å². The first-order chi connectivity index (χ1) is 8.97. The van der Waals surface area contributed by atoms with Gasteiger partial charge in [-0.25, -0.2) is 13.2 Å². The summed E-state index contributed by atoms with van der Waals surface area (Å²) in [5.41, 5.74) is 0.509. The molecule has 100 valence electrons. The molecule has 0 unspecified atom stereocenters. The van der Waals surface area contributed by atoms with Crippen molar-refractivity contribution in [2.24, 2.45) is 0 Å². The first kappa shape index (κ1) is 13.5. The molecule has 0 spiro atoms. The molecule has 0 aliphatic carbocycles. The van der Waals surface area contributed by atoms with Crippen LogP contribution in [0.15, 0.2) is 30.3 Å². The fourth-order valence-corrected chi connectivity index (χ4v) is 1.72. The minimum Gasteiger partial charge on any atom is -0.506 e. The van der Waals surface area contributed by atoms with Crippen LogP contribution in [0, 0.1) is 17.5 Å². The van der Waals surface area contributed by atoms with Gasteiger partial charge in [0.05, 0.1) is 10.7 Å². The van der Waals surface area contributed by atoms with E-state index in [1.807, 2.05) is 0 Å². The van der Waals surface area contributed by atoms with E-state index in [9.17, 15) is 18.3 Å². The van der Waals surface area contributed by atoms with Gasteiger partial charge in [-0.2, -0.15) is 0 Å². The van der Waals surface area contributed by atoms with Crippen molar-refractivity contribution in [2.45, 2.75) is 6.54 Å². The monoisotopic (exact) mass is 287 g/mol. The third-order valence-electron chi connectivity index (χ3n) is 2.51. The zero-order valence-electron chi connectivity index (χ0n) is 9.55. The third kappa shape index (κ3) is 3.12. The van der Waals surface area contributed by atoms with E-state index in [0.29, 0.717) is 11.6 Å². The Hall–Kier alpha value is -1.88. The van der Waals surface area contributed by atoms with Crippen molar-refractivity contribution >= 4 is 17.3 Å². The zero-order chi connectivity index (χ0) is 14.0. The lowest BCUT2D eigenvalue weighted by molar-refractivity contribution is 0.475. The van der Waals surface area contributed by atoms with Crippen molar-refractivity contribution in [3.63, 3.8) is 0 Å². The number of anilines is 1. The second-order valence-corrected chi connectivity index (χ2v) is 4.29. The number of halogens is 4. The minimum absolute atomic E-state index is 0.0653. The summed E-state index contributed by atoms with van der Waals surface area (Å²) in [6.07, 6.45) is 0. The van der Waals surface area contributed by atoms with Gasteiger partial charge in [0.2, 0.25) is 0 Å². The van der Waals surface area contributed by atoms with Gasteiger partial charge in [-0.3, -0.25) is 0 Å². The van der Waals surface area contributed by atoms with E-state index >= 15 is 0 Å². The Balaban J connectivity index is 2.14. The summed E-state index contributed by atoms with van der Waals surface area (Å²) in [5, 5.41) is 12.0. The van der Waals surface area contributed by atoms with E-state index in [1.54, 1.807) is 6.07 Å². The van der Waals surface area contributed by atoms with Crippen molar-refractivity contribution < 1.29 is 18.3 Å². The molecule has 0 aliphatic heterocycles. The molecule has 0 fully saturated rings. The first-order valence-electron chi connectivity index (χ1n) is 5.33. The van der Waals surface area contributed by atoms with Crippen LogP contribution in [0.25, 0.3) is 0 Å². The highest BCUT2D eigenvalue weighted by Gasteiger charge is 2.09. The molecular formula is C13H9ClF3NO. The lowest BCUT2D eigenvalue weighted by atomic mass is 10.2. The molecule has 0 saturated heterocycles. The number of phenolic OH excluding ortho intramolecular Hbond substituents is 1. The summed E-state index contributed by atoms with van der Waals surface area (Å²) in [7, 11) is 0. The van der Waals surface area contributed by atoms with E-state index in [-0.39, 0.29) is 23.0 Å². The highest BCUT2D eigenvalue weighted by molar-refractivity contribution is 6.32. The van der Waals surface area contributed by atoms with Gasteiger partial charge in [0.1, 0.15) is 11.6 Å². The highest BCUT2D eigenvalue weighted by atomic mass is 35.5. The Bertz CT molecular complexity index is 619. The molecule has 2 N–H and O–H groups in total. The summed E-state index contributed by atoms with van der Waals surface area (Å²) >= 11 is 5.71. The smallest absolute Gasteiger partial charge is 0.161 e. The average Bonchev–Trinajstić information content (AvgIpc) is 2.36. The standard InChI is InChI=1S/C13H9ClF3NO/c14-8-3-7(1-2-13(8)19)6-18-12-5-10(16)9(15)4-11(12)17/h1-5,18-19H,6H2. The van der Waals surface area contributed by atoms with Gasteiger partial charge in [-0.15, -0.1) is 0 Å². The number of phenols is 1. The molecule has 0 amide bonds. The minimum atomic E-state index is -1.24. The Kier molecular flexibility index (Phi) is 3.85. The largest absolute Gasteiger partial charge is 0.506 e. The van der Waals surface area contributed by atoms with E-state index in [2.05, 4.69) is 5.32 Å². The lowest BCUT2D eigenvalue weighted by Crippen LogP contribution is -2.03. The molecule has 0 heterocycles. The van der Waals surface area contributed by atoms with Crippen LogP contribution in [-0.2, 0) is 6.54 Å². The lowest BCUT2D eigenvalue weighted by Gasteiger charge is -2.09. The highest BCUT2D eigenvalue weighted by Crippen LogP contribution is 2.24. The second kappa shape index (κ2) is 5.40. The van der Waals surface area contributed by atoms with Crippen molar-refractivity contribution in [2.75, 3.05) is 5.32 Å². The summed E-state index contributed by atoms with van der Waals surface area (Å²) in [6, 6.07) is 5.67. The predicted molar refractivity (Wildman–Crippen MR) is 66.8 cm³/mol. The number of hydrogen-bond acceptors (Lipinski definition) is 2. The number of hydrogen-bond donors (Lipinski definition) is 2. The number of aromatic hydroxyl groups is 1. The van der Waals surface area contributed by atoms with Crippen LogP contribution in [0.3, 0.4) is 0 Å². The third-order valence-corrected chi connectivity index (χ3v) is 2.81. The fraction of sp³-hybridized carbons (Fsp3) is 0.0769. The maximum Gasteiger partial charge on any atom is 0.161 e. The summed E-state index contributed by atoms with van der Waals surface area (Å²) < 4.78 is 39.0. The molecule has 0 atom stereocenters. The number of nitrogens with one attached hydrogen (secondary N) is 1. The molecule has 2 rings (SSSR count). The van der Waals surface area contributed by atoms with Crippen LogP contribution in [0.5, 0.6) is 5.75 Å². The van der Waals surface area contributed by atoms with Crippen LogP contribution in [0.2, 0.25) is 5.02 Å². The van der Waals surface area contributed by atoms with Crippen LogP contribution in [0.4, 0.5) is 18.9 Å². The molecule has 2 nitrogen and oxygen atoms in total. The Morgan fingerprint density at radius 3 is 2.37 bits per heavy atom. The molecule has 0 aliphatic rings. The van der Waals surface area contributed by atoms with Gasteiger partial charge in [0.15, 0.2) is 11.6 Å². The second-order valence-electron chi connectivity index (χ2n) is 3.89. The van der Waals surface area contributed by atoms with E-state index < -0.39 is 17.5 Å². The summed E-state index contributed by atoms with van der Waals surface area (Å²) in [5.74, 6) is -3.32. The number of rotatable bonds is 3. The fourth-order valence-electron chi connectivity index (χ4n) is 1.52. The van der Waals surface area contributed by atoms with Gasteiger partial charge >= 0.3 is 0 Å². The molecular weight excluding hydrogens is 279 g/mol. The quantitative estimate of drug-likeness (QED) is 0.834. The normalized spacial score (nSPS) is 10.5. The zero-order valence-corrected chi connectivity index (χ0v) is 10.3. The molecule has 2 aromatic rings. The van der Waals surface area contributed by atoms with Crippen molar-refractivity contribution in [1.82, 2.24) is 0 Å². The molecule has 6 heteroatoms. The molecule has 0 saturated carbocycles. The van der Waals surface area contributed by atoms with Gasteiger partial charge in [0, 0.05) is 18.7 Å². The Morgan fingerprint density at radius 1 is 1.00 bits per heavy atom. The molecule has 0 aromatic heterocycles.